The summed E-state index contributed by atoms with van der Waals surface area (Å²) in [6.45, 7) is 13.9. The molecule has 0 saturated carbocycles. The molecule has 1 aromatic carbocycles. The predicted octanol–water partition coefficient (Wildman–Crippen LogP) is 3.78. The van der Waals surface area contributed by atoms with Crippen LogP contribution >= 0.6 is 11.8 Å². The van der Waals surface area contributed by atoms with Crippen molar-refractivity contribution in [2.75, 3.05) is 36.5 Å². The minimum absolute atomic E-state index is 0.0126. The van der Waals surface area contributed by atoms with Crippen LogP contribution in [0.25, 0.3) is 0 Å². The molecule has 38 heavy (non-hydrogen) atoms. The zero-order valence-electron chi connectivity index (χ0n) is 23.5. The van der Waals surface area contributed by atoms with Crippen LogP contribution in [-0.2, 0) is 19.1 Å². The molecule has 9 heteroatoms. The van der Waals surface area contributed by atoms with E-state index < -0.39 is 28.7 Å². The highest BCUT2D eigenvalue weighted by Gasteiger charge is 2.77. The SMILES string of the molecule is CCOC(=O)[C@@H]1[C@H]2C(=O)N([C@@H](CO)[C@@H](C)CC)C(C(=O)Nc3ccc(N(CC)CC)cc3)C23S[C@@H]1CC3C. The molecule has 3 heterocycles. The Morgan fingerprint density at radius 3 is 2.42 bits per heavy atom. The molecule has 0 radical (unpaired) electrons. The molecule has 8 atom stereocenters. The number of nitrogens with one attached hydrogen (secondary N) is 1. The molecular weight excluding hydrogens is 502 g/mol. The van der Waals surface area contributed by atoms with Crippen LogP contribution < -0.4 is 10.2 Å². The molecule has 1 aromatic rings. The van der Waals surface area contributed by atoms with Gasteiger partial charge in [-0.25, -0.2) is 0 Å². The number of benzene rings is 1. The van der Waals surface area contributed by atoms with Gasteiger partial charge in [0.1, 0.15) is 6.04 Å². The van der Waals surface area contributed by atoms with Crippen LogP contribution in [-0.4, -0.2) is 76.2 Å². The number of esters is 1. The summed E-state index contributed by atoms with van der Waals surface area (Å²) >= 11 is 1.62. The first kappa shape index (κ1) is 28.7. The average molecular weight is 546 g/mol. The lowest BCUT2D eigenvalue weighted by atomic mass is 9.66. The van der Waals surface area contributed by atoms with E-state index in [1.165, 1.54) is 0 Å². The van der Waals surface area contributed by atoms with Crippen LogP contribution in [0, 0.1) is 23.7 Å². The Morgan fingerprint density at radius 1 is 1.21 bits per heavy atom. The highest BCUT2D eigenvalue weighted by atomic mass is 32.2. The van der Waals surface area contributed by atoms with E-state index in [0.717, 1.165) is 31.6 Å². The highest BCUT2D eigenvalue weighted by molar-refractivity contribution is 8.02. The number of aliphatic hydroxyl groups is 1. The Bertz CT molecular complexity index is 1030. The molecule has 4 rings (SSSR count). The second-order valence-electron chi connectivity index (χ2n) is 10.9. The number of rotatable bonds is 11. The quantitative estimate of drug-likeness (QED) is 0.408. The molecule has 1 spiro atoms. The number of hydrogen-bond donors (Lipinski definition) is 2. The number of likely N-dealkylation sites (tertiary alicyclic amines) is 1. The molecule has 210 valence electrons. The maximum atomic E-state index is 14.2. The molecule has 3 aliphatic heterocycles. The van der Waals surface area contributed by atoms with Crippen LogP contribution in [0.3, 0.4) is 0 Å². The van der Waals surface area contributed by atoms with Crippen molar-refractivity contribution >= 4 is 40.9 Å². The summed E-state index contributed by atoms with van der Waals surface area (Å²) in [6, 6.07) is 6.47. The van der Waals surface area contributed by atoms with Crippen LogP contribution in [0.5, 0.6) is 0 Å². The van der Waals surface area contributed by atoms with Gasteiger partial charge in [0, 0.05) is 29.7 Å². The fraction of sp³-hybridized carbons (Fsp3) is 0.690. The number of fused-ring (bicyclic) bond motifs is 1. The summed E-state index contributed by atoms with van der Waals surface area (Å²) in [4.78, 5) is 45.4. The fourth-order valence-electron chi connectivity index (χ4n) is 6.99. The zero-order chi connectivity index (χ0) is 27.8. The molecule has 2 amide bonds. The van der Waals surface area contributed by atoms with E-state index in [0.29, 0.717) is 5.69 Å². The smallest absolute Gasteiger partial charge is 0.310 e. The largest absolute Gasteiger partial charge is 0.466 e. The normalized spacial score (nSPS) is 31.2. The van der Waals surface area contributed by atoms with Crippen molar-refractivity contribution in [1.82, 2.24) is 4.90 Å². The Morgan fingerprint density at radius 2 is 1.87 bits per heavy atom. The summed E-state index contributed by atoms with van der Waals surface area (Å²) in [5.74, 6) is -1.99. The van der Waals surface area contributed by atoms with Crippen LogP contribution in [0.15, 0.2) is 24.3 Å². The van der Waals surface area contributed by atoms with Gasteiger partial charge in [-0.1, -0.05) is 27.2 Å². The average Bonchev–Trinajstić information content (AvgIpc) is 3.50. The second-order valence-corrected chi connectivity index (χ2v) is 12.4. The molecule has 0 aromatic heterocycles. The third-order valence-corrected chi connectivity index (χ3v) is 11.2. The number of carbonyl (C=O) groups is 3. The molecule has 2 bridgehead atoms. The van der Waals surface area contributed by atoms with Gasteiger partial charge in [0.05, 0.1) is 35.8 Å². The van der Waals surface area contributed by atoms with Crippen molar-refractivity contribution in [3.63, 3.8) is 0 Å². The van der Waals surface area contributed by atoms with Gasteiger partial charge in [-0.2, -0.15) is 0 Å². The van der Waals surface area contributed by atoms with Gasteiger partial charge in [0.15, 0.2) is 0 Å². The van der Waals surface area contributed by atoms with Gasteiger partial charge in [0.25, 0.3) is 0 Å². The van der Waals surface area contributed by atoms with Gasteiger partial charge in [-0.05, 0) is 63.3 Å². The van der Waals surface area contributed by atoms with E-state index in [4.69, 9.17) is 4.74 Å². The van der Waals surface area contributed by atoms with Gasteiger partial charge in [-0.3, -0.25) is 14.4 Å². The van der Waals surface area contributed by atoms with Crippen molar-refractivity contribution in [1.29, 1.82) is 0 Å². The van der Waals surface area contributed by atoms with E-state index in [9.17, 15) is 19.5 Å². The Balaban J connectivity index is 1.73. The minimum Gasteiger partial charge on any atom is -0.466 e. The lowest BCUT2D eigenvalue weighted by Gasteiger charge is -2.41. The number of hydrogen-bond acceptors (Lipinski definition) is 7. The maximum absolute atomic E-state index is 14.2. The lowest BCUT2D eigenvalue weighted by molar-refractivity contribution is -0.154. The Hall–Kier alpha value is -2.26. The number of nitrogens with zero attached hydrogens (tertiary/aromatic N) is 2. The number of anilines is 2. The Labute approximate surface area is 230 Å². The number of ether oxygens (including phenoxy) is 1. The van der Waals surface area contributed by atoms with Crippen LogP contribution in [0.1, 0.15) is 54.4 Å². The molecule has 3 unspecified atom stereocenters. The fourth-order valence-corrected chi connectivity index (χ4v) is 9.39. The highest BCUT2D eigenvalue weighted by Crippen LogP contribution is 2.69. The maximum Gasteiger partial charge on any atom is 0.310 e. The zero-order valence-corrected chi connectivity index (χ0v) is 24.3. The van der Waals surface area contributed by atoms with Gasteiger partial charge >= 0.3 is 5.97 Å². The van der Waals surface area contributed by atoms with Crippen molar-refractivity contribution in [2.24, 2.45) is 23.7 Å². The van der Waals surface area contributed by atoms with Gasteiger partial charge in [0.2, 0.25) is 11.8 Å². The number of carbonyl (C=O) groups excluding carboxylic acids is 3. The molecule has 8 nitrogen and oxygen atoms in total. The van der Waals surface area contributed by atoms with E-state index in [1.54, 1.807) is 23.6 Å². The van der Waals surface area contributed by atoms with Crippen molar-refractivity contribution in [2.45, 2.75) is 76.5 Å². The summed E-state index contributed by atoms with van der Waals surface area (Å²) in [5.41, 5.74) is 1.74. The molecule has 3 fully saturated rings. The van der Waals surface area contributed by atoms with Crippen LogP contribution in [0.2, 0.25) is 0 Å². The number of aliphatic hydroxyl groups excluding tert-OH is 1. The standard InChI is InChI=1S/C29H43N3O5S/c1-7-17(5)21(16-33)32-25(26(34)30-19-11-13-20(14-12-19)31(8-2)9-3)29-18(6)15-22(38-29)23(24(29)27(32)35)28(36)37-10-4/h11-14,17-18,21-25,33H,7-10,15-16H2,1-6H3,(H,30,34)/t17-,18?,21-,22+,23-,24-,25?,29?/m0/s1. The van der Waals surface area contributed by atoms with E-state index in [-0.39, 0.29) is 48.1 Å². The second kappa shape index (κ2) is 11.5. The van der Waals surface area contributed by atoms with Crippen molar-refractivity contribution in [3.05, 3.63) is 24.3 Å². The third-order valence-electron chi connectivity index (χ3n) is 9.10. The van der Waals surface area contributed by atoms with Crippen molar-refractivity contribution in [3.8, 4) is 0 Å². The van der Waals surface area contributed by atoms with E-state index in [2.05, 4.69) is 31.0 Å². The first-order chi connectivity index (χ1) is 18.2. The van der Waals surface area contributed by atoms with Gasteiger partial charge in [-0.15, -0.1) is 11.8 Å². The third kappa shape index (κ3) is 4.49. The lowest BCUT2D eigenvalue weighted by Crippen LogP contribution is -2.58. The Kier molecular flexibility index (Phi) is 8.67. The first-order valence-electron chi connectivity index (χ1n) is 14.1. The monoisotopic (exact) mass is 545 g/mol. The summed E-state index contributed by atoms with van der Waals surface area (Å²) in [6.07, 6.45) is 1.50. The predicted molar refractivity (Wildman–Crippen MR) is 151 cm³/mol. The van der Waals surface area contributed by atoms with E-state index in [1.807, 2.05) is 38.1 Å². The summed E-state index contributed by atoms with van der Waals surface area (Å²) in [7, 11) is 0. The molecule has 0 aliphatic carbocycles. The molecule has 3 saturated heterocycles. The minimum atomic E-state index is -0.793. The van der Waals surface area contributed by atoms with Gasteiger partial charge < -0.3 is 25.0 Å². The van der Waals surface area contributed by atoms with Crippen LogP contribution in [0.4, 0.5) is 11.4 Å². The number of amides is 2. The van der Waals surface area contributed by atoms with Crippen molar-refractivity contribution < 1.29 is 24.2 Å². The van der Waals surface area contributed by atoms with E-state index >= 15 is 0 Å². The molecule has 3 aliphatic rings. The molecular formula is C29H43N3O5S. The number of thioether (sulfide) groups is 1. The summed E-state index contributed by atoms with van der Waals surface area (Å²) in [5, 5.41) is 13.5. The summed E-state index contributed by atoms with van der Waals surface area (Å²) < 4.78 is 4.68. The topological polar surface area (TPSA) is 99.2 Å². The molecule has 2 N–H and O–H groups in total. The first-order valence-corrected chi connectivity index (χ1v) is 15.0.